The lowest BCUT2D eigenvalue weighted by atomic mass is 10.4. The van der Waals surface area contributed by atoms with E-state index in [4.69, 9.17) is 4.74 Å². The molecular formula is C8H11F2N3O2. The van der Waals surface area contributed by atoms with Gasteiger partial charge < -0.3 is 4.74 Å². The molecule has 0 spiro atoms. The fraction of sp³-hybridized carbons (Fsp3) is 0.625. The van der Waals surface area contributed by atoms with Gasteiger partial charge in [-0.1, -0.05) is 5.21 Å². The molecule has 1 rings (SSSR count). The van der Waals surface area contributed by atoms with Crippen LogP contribution in [0.1, 0.15) is 23.8 Å². The number of rotatable bonds is 5. The first-order chi connectivity index (χ1) is 7.15. The molecule has 0 fully saturated rings. The minimum Gasteiger partial charge on any atom is -0.461 e. The Labute approximate surface area is 85.0 Å². The van der Waals surface area contributed by atoms with Gasteiger partial charge in [0.05, 0.1) is 12.8 Å². The molecule has 0 amide bonds. The highest BCUT2D eigenvalue weighted by Gasteiger charge is 2.15. The molecule has 15 heavy (non-hydrogen) atoms. The lowest BCUT2D eigenvalue weighted by molar-refractivity contribution is 0.0508. The second-order valence-electron chi connectivity index (χ2n) is 2.74. The average Bonchev–Trinajstić information content (AvgIpc) is 2.62. The van der Waals surface area contributed by atoms with Crippen molar-refractivity contribution < 1.29 is 18.3 Å². The number of esters is 1. The zero-order chi connectivity index (χ0) is 11.3. The third kappa shape index (κ3) is 3.26. The summed E-state index contributed by atoms with van der Waals surface area (Å²) in [5.41, 5.74) is 0.0949. The molecule has 0 aromatic carbocycles. The Hall–Kier alpha value is -1.53. The SMILES string of the molecule is CCOC(=O)c1cnnn1CCC(F)F. The van der Waals surface area contributed by atoms with Crippen molar-refractivity contribution in [2.45, 2.75) is 26.3 Å². The molecule has 7 heteroatoms. The van der Waals surface area contributed by atoms with Crippen molar-refractivity contribution in [2.24, 2.45) is 0 Å². The number of ether oxygens (including phenoxy) is 1. The first kappa shape index (κ1) is 11.5. The number of carbonyl (C=O) groups is 1. The Morgan fingerprint density at radius 2 is 2.40 bits per heavy atom. The topological polar surface area (TPSA) is 57.0 Å². The highest BCUT2D eigenvalue weighted by Crippen LogP contribution is 2.05. The number of hydrogen-bond acceptors (Lipinski definition) is 4. The smallest absolute Gasteiger partial charge is 0.358 e. The minimum atomic E-state index is -2.43. The van der Waals surface area contributed by atoms with Gasteiger partial charge in [0.25, 0.3) is 0 Å². The van der Waals surface area contributed by atoms with Gasteiger partial charge in [-0.25, -0.2) is 18.3 Å². The molecule has 0 atom stereocenters. The number of hydrogen-bond donors (Lipinski definition) is 0. The van der Waals surface area contributed by atoms with Crippen molar-refractivity contribution >= 4 is 5.97 Å². The maximum atomic E-state index is 11.9. The summed E-state index contributed by atoms with van der Waals surface area (Å²) < 4.78 is 29.7. The Morgan fingerprint density at radius 1 is 1.67 bits per heavy atom. The van der Waals surface area contributed by atoms with Crippen LogP contribution in [0, 0.1) is 0 Å². The van der Waals surface area contributed by atoms with Gasteiger partial charge in [-0.3, -0.25) is 0 Å². The van der Waals surface area contributed by atoms with Crippen LogP contribution >= 0.6 is 0 Å². The van der Waals surface area contributed by atoms with Gasteiger partial charge in [-0.2, -0.15) is 0 Å². The van der Waals surface area contributed by atoms with E-state index < -0.39 is 12.4 Å². The van der Waals surface area contributed by atoms with Gasteiger partial charge in [-0.05, 0) is 6.92 Å². The Bertz CT molecular complexity index is 327. The summed E-state index contributed by atoms with van der Waals surface area (Å²) in [6.07, 6.45) is -1.59. The Morgan fingerprint density at radius 3 is 3.00 bits per heavy atom. The molecule has 0 aliphatic carbocycles. The molecule has 0 radical (unpaired) electrons. The summed E-state index contributed by atoms with van der Waals surface area (Å²) in [4.78, 5) is 11.3. The van der Waals surface area contributed by atoms with Gasteiger partial charge in [0.1, 0.15) is 0 Å². The number of carbonyl (C=O) groups excluding carboxylic acids is 1. The van der Waals surface area contributed by atoms with E-state index in [1.54, 1.807) is 6.92 Å². The number of aryl methyl sites for hydroxylation is 1. The fourth-order valence-electron chi connectivity index (χ4n) is 1.01. The van der Waals surface area contributed by atoms with Crippen LogP contribution in [0.5, 0.6) is 0 Å². The fourth-order valence-corrected chi connectivity index (χ4v) is 1.01. The molecule has 0 aliphatic rings. The largest absolute Gasteiger partial charge is 0.461 e. The van der Waals surface area contributed by atoms with Crippen molar-refractivity contribution in [3.63, 3.8) is 0 Å². The summed E-state index contributed by atoms with van der Waals surface area (Å²) in [5.74, 6) is -0.600. The van der Waals surface area contributed by atoms with Gasteiger partial charge >= 0.3 is 5.97 Å². The van der Waals surface area contributed by atoms with Gasteiger partial charge in [0.2, 0.25) is 6.43 Å². The summed E-state index contributed by atoms with van der Waals surface area (Å²) in [6.45, 7) is 1.83. The first-order valence-corrected chi connectivity index (χ1v) is 4.49. The predicted octanol–water partition coefficient (Wildman–Crippen LogP) is 1.11. The van der Waals surface area contributed by atoms with E-state index in [2.05, 4.69) is 10.3 Å². The van der Waals surface area contributed by atoms with E-state index >= 15 is 0 Å². The van der Waals surface area contributed by atoms with E-state index in [0.29, 0.717) is 0 Å². The van der Waals surface area contributed by atoms with Crippen LogP contribution in [-0.4, -0.2) is 34.0 Å². The molecular weight excluding hydrogens is 208 g/mol. The van der Waals surface area contributed by atoms with Gasteiger partial charge in [-0.15, -0.1) is 5.10 Å². The standard InChI is InChI=1S/C8H11F2N3O2/c1-2-15-8(14)6-5-11-12-13(6)4-3-7(9)10/h5,7H,2-4H2,1H3. The zero-order valence-electron chi connectivity index (χ0n) is 8.19. The van der Waals surface area contributed by atoms with E-state index in [9.17, 15) is 13.6 Å². The maximum Gasteiger partial charge on any atom is 0.358 e. The molecule has 0 saturated heterocycles. The highest BCUT2D eigenvalue weighted by molar-refractivity contribution is 5.87. The molecule has 0 bridgehead atoms. The summed E-state index contributed by atoms with van der Waals surface area (Å²) in [6, 6.07) is 0. The van der Waals surface area contributed by atoms with Crippen LogP contribution in [0.4, 0.5) is 8.78 Å². The van der Waals surface area contributed by atoms with Crippen molar-refractivity contribution in [1.82, 2.24) is 15.0 Å². The normalized spacial score (nSPS) is 10.7. The third-order valence-corrected chi connectivity index (χ3v) is 1.66. The lowest BCUT2D eigenvalue weighted by Crippen LogP contribution is -2.14. The van der Waals surface area contributed by atoms with E-state index in [1.165, 1.54) is 6.20 Å². The molecule has 0 unspecified atom stereocenters. The lowest BCUT2D eigenvalue weighted by Gasteiger charge is -2.04. The second kappa shape index (κ2) is 5.38. The summed E-state index contributed by atoms with van der Waals surface area (Å²) >= 11 is 0. The monoisotopic (exact) mass is 219 g/mol. The van der Waals surface area contributed by atoms with Gasteiger partial charge in [0.15, 0.2) is 5.69 Å². The molecule has 0 N–H and O–H groups in total. The van der Waals surface area contributed by atoms with Crippen molar-refractivity contribution in [1.29, 1.82) is 0 Å². The zero-order valence-corrected chi connectivity index (χ0v) is 8.19. The van der Waals surface area contributed by atoms with Crippen LogP contribution < -0.4 is 0 Å². The first-order valence-electron chi connectivity index (χ1n) is 4.49. The number of nitrogens with zero attached hydrogens (tertiary/aromatic N) is 3. The molecule has 0 aliphatic heterocycles. The van der Waals surface area contributed by atoms with Crippen LogP contribution in [-0.2, 0) is 11.3 Å². The Balaban J connectivity index is 2.64. The van der Waals surface area contributed by atoms with Crippen molar-refractivity contribution in [2.75, 3.05) is 6.61 Å². The summed E-state index contributed by atoms with van der Waals surface area (Å²) in [5, 5.41) is 6.99. The highest BCUT2D eigenvalue weighted by atomic mass is 19.3. The molecule has 1 aromatic heterocycles. The molecule has 5 nitrogen and oxygen atoms in total. The molecule has 84 valence electrons. The molecule has 0 saturated carbocycles. The van der Waals surface area contributed by atoms with Gasteiger partial charge in [0, 0.05) is 13.0 Å². The summed E-state index contributed by atoms with van der Waals surface area (Å²) in [7, 11) is 0. The van der Waals surface area contributed by atoms with E-state index in [-0.39, 0.29) is 25.3 Å². The quantitative estimate of drug-likeness (QED) is 0.696. The average molecular weight is 219 g/mol. The van der Waals surface area contributed by atoms with Crippen molar-refractivity contribution in [3.8, 4) is 0 Å². The second-order valence-corrected chi connectivity index (χ2v) is 2.74. The number of halogens is 2. The van der Waals surface area contributed by atoms with E-state index in [0.717, 1.165) is 4.68 Å². The maximum absolute atomic E-state index is 11.9. The third-order valence-electron chi connectivity index (χ3n) is 1.66. The molecule has 1 heterocycles. The predicted molar refractivity (Wildman–Crippen MR) is 46.6 cm³/mol. The van der Waals surface area contributed by atoms with Crippen molar-refractivity contribution in [3.05, 3.63) is 11.9 Å². The van der Waals surface area contributed by atoms with Crippen LogP contribution in [0.25, 0.3) is 0 Å². The van der Waals surface area contributed by atoms with E-state index in [1.807, 2.05) is 0 Å². The number of alkyl halides is 2. The Kier molecular flexibility index (Phi) is 4.14. The van der Waals surface area contributed by atoms with Crippen LogP contribution in [0.2, 0.25) is 0 Å². The van der Waals surface area contributed by atoms with Crippen LogP contribution in [0.15, 0.2) is 6.20 Å². The minimum absolute atomic E-state index is 0.0498. The number of aromatic nitrogens is 3. The van der Waals surface area contributed by atoms with Crippen LogP contribution in [0.3, 0.4) is 0 Å². The molecule has 1 aromatic rings.